The first-order valence-electron chi connectivity index (χ1n) is 21.5. The Bertz CT molecular complexity index is 3430. The zero-order chi connectivity index (χ0) is 43.9. The van der Waals surface area contributed by atoms with Crippen LogP contribution in [0.15, 0.2) is 121 Å². The largest absolute Gasteiger partial charge is 3.00 e. The summed E-state index contributed by atoms with van der Waals surface area (Å²) in [5, 5.41) is 13.8. The van der Waals surface area contributed by atoms with Gasteiger partial charge in [0.25, 0.3) is 0 Å². The summed E-state index contributed by atoms with van der Waals surface area (Å²) in [5.41, 5.74) is 9.55. The minimum atomic E-state index is -2.19. The summed E-state index contributed by atoms with van der Waals surface area (Å²) in [6.45, 7) is 10.7. The molecule has 0 bridgehead atoms. The number of benzene rings is 6. The maximum Gasteiger partial charge on any atom is 3.00 e. The third kappa shape index (κ3) is 7.16. The Morgan fingerprint density at radius 3 is 2.36 bits per heavy atom. The van der Waals surface area contributed by atoms with E-state index in [9.17, 15) is 4.39 Å². The number of nitrogens with zero attached hydrogens (tertiary/aromatic N) is 4. The molecule has 4 aromatic heterocycles. The van der Waals surface area contributed by atoms with Gasteiger partial charge in [0.1, 0.15) is 4.83 Å². The number of hydrogen-bond donors (Lipinski definition) is 0. The van der Waals surface area contributed by atoms with E-state index in [1.807, 2.05) is 11.3 Å². The van der Waals surface area contributed by atoms with E-state index in [1.54, 1.807) is 29.7 Å². The number of thiophene rings is 2. The van der Waals surface area contributed by atoms with Gasteiger partial charge < -0.3 is 15.2 Å². The van der Waals surface area contributed by atoms with Gasteiger partial charge in [0.15, 0.2) is 0 Å². The van der Waals surface area contributed by atoms with E-state index in [-0.39, 0.29) is 32.1 Å². The van der Waals surface area contributed by atoms with Gasteiger partial charge in [-0.2, -0.15) is 29.5 Å². The van der Waals surface area contributed by atoms with Crippen LogP contribution in [0.4, 0.5) is 21.5 Å². The molecule has 9 heteroatoms. The van der Waals surface area contributed by atoms with Gasteiger partial charge in [0.2, 0.25) is 0 Å². The SMILES string of the molecule is Cc1ccc2c(n1)sc1c(C3[N-]c4ccc5ccccc5c4N3c3c(C)cc4c(sc5ccccc54)c3C)[c-]ccc12.[2H]C([2H])([2H])c1cc(-c2[c-]cc(F)cc2)ncc1[Si](C)(C)C.[Ir+3]. The van der Waals surface area contributed by atoms with Crippen molar-refractivity contribution in [3.8, 4) is 11.3 Å². The smallest absolute Gasteiger partial charge is 0.661 e. The molecule has 0 radical (unpaired) electrons. The Kier molecular flexibility index (Phi) is 9.75. The van der Waals surface area contributed by atoms with Gasteiger partial charge in [0.05, 0.1) is 8.07 Å². The van der Waals surface area contributed by atoms with Crippen LogP contribution in [-0.2, 0) is 20.1 Å². The number of aryl methyl sites for hydroxylation is 4. The van der Waals surface area contributed by atoms with Crippen molar-refractivity contribution in [2.24, 2.45) is 0 Å². The van der Waals surface area contributed by atoms with Crippen LogP contribution in [0, 0.1) is 45.6 Å². The van der Waals surface area contributed by atoms with Crippen LogP contribution >= 0.6 is 22.7 Å². The van der Waals surface area contributed by atoms with Crippen LogP contribution in [0.3, 0.4) is 0 Å². The molecule has 4 nitrogen and oxygen atoms in total. The number of hydrogen-bond acceptors (Lipinski definition) is 5. The Balaban J connectivity index is 0.000000200. The fourth-order valence-electron chi connectivity index (χ4n) is 8.58. The molecule has 0 saturated carbocycles. The maximum absolute atomic E-state index is 13.0. The molecular weight excluding hydrogens is 984 g/mol. The number of fused-ring (bicyclic) bond motifs is 9. The van der Waals surface area contributed by atoms with E-state index in [2.05, 4.69) is 153 Å². The molecule has 6 aromatic carbocycles. The quantitative estimate of drug-likeness (QED) is 0.130. The van der Waals surface area contributed by atoms with Crippen molar-refractivity contribution in [1.82, 2.24) is 9.97 Å². The van der Waals surface area contributed by atoms with Crippen molar-refractivity contribution < 1.29 is 28.6 Å². The van der Waals surface area contributed by atoms with Crippen molar-refractivity contribution >= 4 is 104 Å². The monoisotopic (exact) mass is 1030 g/mol. The minimum absolute atomic E-state index is 0. The second kappa shape index (κ2) is 15.9. The van der Waals surface area contributed by atoms with E-state index in [0.29, 0.717) is 16.8 Å². The van der Waals surface area contributed by atoms with Crippen molar-refractivity contribution in [2.75, 3.05) is 4.90 Å². The number of halogens is 1. The molecular formula is C52H42FIrN4S2Si. The summed E-state index contributed by atoms with van der Waals surface area (Å²) in [6.07, 6.45) is 1.41. The van der Waals surface area contributed by atoms with Crippen molar-refractivity contribution in [2.45, 2.75) is 53.4 Å². The van der Waals surface area contributed by atoms with Crippen molar-refractivity contribution in [1.29, 1.82) is 0 Å². The minimum Gasteiger partial charge on any atom is -0.661 e. The molecule has 1 aliphatic rings. The molecule has 0 aliphatic carbocycles. The van der Waals surface area contributed by atoms with Crippen LogP contribution in [0.5, 0.6) is 0 Å². The third-order valence-corrected chi connectivity index (χ3v) is 15.9. The predicted octanol–water partition coefficient (Wildman–Crippen LogP) is 15.1. The first kappa shape index (κ1) is 37.5. The average Bonchev–Trinajstić information content (AvgIpc) is 3.95. The van der Waals surface area contributed by atoms with E-state index >= 15 is 0 Å². The molecule has 0 fully saturated rings. The maximum atomic E-state index is 13.0. The molecule has 11 rings (SSSR count). The van der Waals surface area contributed by atoms with Gasteiger partial charge in [-0.1, -0.05) is 96.6 Å². The standard InChI is InChI=1S/C37H25N3S2.C15H17FNSi.Ir/c1-20-19-29-25-11-6-7-14-31(25)41-34(29)22(3)32(20)40-33-24-10-5-4-9-23(24)16-18-30(33)39-36(40)28-13-8-12-26-27-17-15-21(2)38-37(27)42-35(26)28;1-11-9-14(12-5-7-13(16)8-6-12)17-10-15(11)18(2,3)4;/h4-12,14-19,36H,1-3H3;5,7-10H,1-4H3;/q-2;-1;+3/i;1D3;. The molecule has 61 heavy (non-hydrogen) atoms. The van der Waals surface area contributed by atoms with Crippen LogP contribution < -0.4 is 10.1 Å². The van der Waals surface area contributed by atoms with Gasteiger partial charge in [0, 0.05) is 58.8 Å². The number of anilines is 2. The summed E-state index contributed by atoms with van der Waals surface area (Å²) in [4.78, 5) is 12.8. The van der Waals surface area contributed by atoms with Gasteiger partial charge in [-0.3, -0.25) is 4.39 Å². The van der Waals surface area contributed by atoms with Crippen molar-refractivity contribution in [3.63, 3.8) is 0 Å². The first-order valence-corrected chi connectivity index (χ1v) is 25.1. The molecule has 10 aromatic rings. The summed E-state index contributed by atoms with van der Waals surface area (Å²) in [6, 6.07) is 44.9. The Morgan fingerprint density at radius 2 is 1.57 bits per heavy atom. The fraction of sp³-hybridized carbons (Fsp3) is 0.154. The molecule has 302 valence electrons. The molecule has 0 N–H and O–H groups in total. The molecule has 1 unspecified atom stereocenters. The third-order valence-electron chi connectivity index (χ3n) is 11.4. The number of pyridine rings is 2. The second-order valence-corrected chi connectivity index (χ2v) is 23.6. The molecule has 5 heterocycles. The Labute approximate surface area is 382 Å². The molecule has 0 amide bonds. The van der Waals surface area contributed by atoms with Crippen molar-refractivity contribution in [3.05, 3.63) is 173 Å². The first-order chi connectivity index (χ1) is 30.2. The summed E-state index contributed by atoms with van der Waals surface area (Å²) < 4.78 is 40.1. The molecule has 1 atom stereocenters. The topological polar surface area (TPSA) is 43.1 Å². The summed E-state index contributed by atoms with van der Waals surface area (Å²) in [7, 11) is -1.81. The van der Waals surface area contributed by atoms with Gasteiger partial charge >= 0.3 is 20.1 Å². The summed E-state index contributed by atoms with van der Waals surface area (Å²) >= 11 is 3.64. The summed E-state index contributed by atoms with van der Waals surface area (Å²) in [5.74, 6) is -0.381. The number of aromatic nitrogens is 2. The molecule has 1 aliphatic heterocycles. The Morgan fingerprint density at radius 1 is 0.770 bits per heavy atom. The molecule has 0 saturated heterocycles. The van der Waals surface area contributed by atoms with E-state index in [0.717, 1.165) is 27.0 Å². The zero-order valence-electron chi connectivity index (χ0n) is 37.4. The number of rotatable bonds is 4. The van der Waals surface area contributed by atoms with E-state index in [4.69, 9.17) is 14.4 Å². The zero-order valence-corrected chi connectivity index (χ0v) is 39.5. The van der Waals surface area contributed by atoms with Crippen LogP contribution in [-0.4, -0.2) is 18.0 Å². The van der Waals surface area contributed by atoms with Gasteiger partial charge in [-0.15, -0.1) is 57.8 Å². The second-order valence-electron chi connectivity index (χ2n) is 16.5. The van der Waals surface area contributed by atoms with E-state index < -0.39 is 14.9 Å². The predicted molar refractivity (Wildman–Crippen MR) is 258 cm³/mol. The normalized spacial score (nSPS) is 14.6. The fourth-order valence-corrected chi connectivity index (χ4v) is 12.3. The van der Waals surface area contributed by atoms with Crippen LogP contribution in [0.1, 0.15) is 38.2 Å². The molecule has 0 spiro atoms. The van der Waals surface area contributed by atoms with Crippen LogP contribution in [0.2, 0.25) is 19.6 Å². The van der Waals surface area contributed by atoms with Gasteiger partial charge in [-0.05, 0) is 84.8 Å². The Hall–Kier alpha value is -5.28. The van der Waals surface area contributed by atoms with E-state index in [1.165, 1.54) is 81.1 Å². The van der Waals surface area contributed by atoms with Crippen LogP contribution in [0.25, 0.3) is 67.8 Å². The average molecular weight is 1030 g/mol. The van der Waals surface area contributed by atoms with Gasteiger partial charge in [-0.25, -0.2) is 4.98 Å².